The molecule has 0 saturated carbocycles. The fourth-order valence-electron chi connectivity index (χ4n) is 1.47. The van der Waals surface area contributed by atoms with E-state index in [4.69, 9.17) is 23.2 Å². The van der Waals surface area contributed by atoms with Gasteiger partial charge in [-0.1, -0.05) is 23.2 Å². The average molecular weight is 268 g/mol. The van der Waals surface area contributed by atoms with E-state index in [-0.39, 0.29) is 0 Å². The van der Waals surface area contributed by atoms with E-state index in [0.29, 0.717) is 23.1 Å². The molecule has 0 radical (unpaired) electrons. The van der Waals surface area contributed by atoms with Crippen LogP contribution in [-0.2, 0) is 13.1 Å². The fraction of sp³-hybridized carbons (Fsp3) is 0.167. The van der Waals surface area contributed by atoms with Gasteiger partial charge in [0.15, 0.2) is 0 Å². The predicted molar refractivity (Wildman–Crippen MR) is 69.0 cm³/mol. The smallest absolute Gasteiger partial charge is 0.115 e. The summed E-state index contributed by atoms with van der Waals surface area (Å²) in [6.45, 7) is 1.39. The lowest BCUT2D eigenvalue weighted by Gasteiger charge is -2.05. The number of benzene rings is 1. The summed E-state index contributed by atoms with van der Waals surface area (Å²) in [6.07, 6.45) is 3.26. The number of hydrogen-bond donors (Lipinski definition) is 1. The lowest BCUT2D eigenvalue weighted by molar-refractivity contribution is 0.678. The van der Waals surface area contributed by atoms with Gasteiger partial charge in [-0.25, -0.2) is 9.97 Å². The second-order valence-corrected chi connectivity index (χ2v) is 4.45. The molecule has 0 aliphatic carbocycles. The van der Waals surface area contributed by atoms with Crippen LogP contribution in [0.25, 0.3) is 0 Å². The molecule has 2 aromatic rings. The van der Waals surface area contributed by atoms with E-state index in [1.165, 1.54) is 6.33 Å². The lowest BCUT2D eigenvalue weighted by Crippen LogP contribution is -2.13. The van der Waals surface area contributed by atoms with Crippen molar-refractivity contribution >= 4 is 23.2 Å². The van der Waals surface area contributed by atoms with E-state index in [1.54, 1.807) is 12.3 Å². The molecule has 1 N–H and O–H groups in total. The van der Waals surface area contributed by atoms with Crippen molar-refractivity contribution in [1.29, 1.82) is 0 Å². The molecular formula is C12H11Cl2N3. The van der Waals surface area contributed by atoms with Crippen LogP contribution in [0.15, 0.2) is 36.8 Å². The Kier molecular flexibility index (Phi) is 4.31. The molecule has 17 heavy (non-hydrogen) atoms. The molecule has 0 aliphatic heterocycles. The van der Waals surface area contributed by atoms with Crippen molar-refractivity contribution in [3.63, 3.8) is 0 Å². The first kappa shape index (κ1) is 12.3. The van der Waals surface area contributed by atoms with Gasteiger partial charge in [0.2, 0.25) is 0 Å². The Balaban J connectivity index is 1.90. The number of nitrogens with zero attached hydrogens (tertiary/aromatic N) is 2. The van der Waals surface area contributed by atoms with Gasteiger partial charge in [0.25, 0.3) is 0 Å². The van der Waals surface area contributed by atoms with Gasteiger partial charge in [0.1, 0.15) is 6.33 Å². The highest BCUT2D eigenvalue weighted by molar-refractivity contribution is 6.34. The molecule has 0 amide bonds. The Morgan fingerprint density at radius 3 is 2.47 bits per heavy atom. The van der Waals surface area contributed by atoms with Crippen LogP contribution in [0.2, 0.25) is 10.0 Å². The van der Waals surface area contributed by atoms with Crippen LogP contribution in [0.3, 0.4) is 0 Å². The molecule has 1 aromatic carbocycles. The minimum Gasteiger partial charge on any atom is -0.307 e. The molecule has 0 atom stereocenters. The first-order chi connectivity index (χ1) is 8.24. The van der Waals surface area contributed by atoms with E-state index in [0.717, 1.165) is 11.3 Å². The summed E-state index contributed by atoms with van der Waals surface area (Å²) in [4.78, 5) is 7.98. The van der Waals surface area contributed by atoms with Crippen LogP contribution >= 0.6 is 23.2 Å². The maximum Gasteiger partial charge on any atom is 0.115 e. The van der Waals surface area contributed by atoms with Gasteiger partial charge in [-0.3, -0.25) is 0 Å². The third kappa shape index (κ3) is 3.97. The second-order valence-electron chi connectivity index (χ2n) is 3.58. The number of rotatable bonds is 4. The van der Waals surface area contributed by atoms with Crippen molar-refractivity contribution in [2.24, 2.45) is 0 Å². The zero-order valence-electron chi connectivity index (χ0n) is 9.03. The largest absolute Gasteiger partial charge is 0.307 e. The van der Waals surface area contributed by atoms with E-state index >= 15 is 0 Å². The Hall–Kier alpha value is -1.16. The minimum absolute atomic E-state index is 0.649. The van der Waals surface area contributed by atoms with Gasteiger partial charge in [-0.05, 0) is 29.8 Å². The predicted octanol–water partition coefficient (Wildman–Crippen LogP) is 3.07. The van der Waals surface area contributed by atoms with Gasteiger partial charge in [-0.15, -0.1) is 0 Å². The Morgan fingerprint density at radius 1 is 1.06 bits per heavy atom. The van der Waals surface area contributed by atoms with Crippen LogP contribution in [0.1, 0.15) is 11.3 Å². The molecule has 3 nitrogen and oxygen atoms in total. The molecule has 0 aliphatic rings. The van der Waals surface area contributed by atoms with Crippen molar-refractivity contribution in [2.75, 3.05) is 0 Å². The van der Waals surface area contributed by atoms with Crippen molar-refractivity contribution in [2.45, 2.75) is 13.1 Å². The summed E-state index contributed by atoms with van der Waals surface area (Å²) in [5.74, 6) is 0. The maximum absolute atomic E-state index is 5.91. The molecular weight excluding hydrogens is 257 g/mol. The Labute approximate surface area is 110 Å². The van der Waals surface area contributed by atoms with Crippen LogP contribution in [0.4, 0.5) is 0 Å². The standard InChI is InChI=1S/C12H11Cl2N3/c13-10-3-9(4-11(14)5-10)6-16-7-12-1-2-15-8-17-12/h1-5,8,16H,6-7H2. The van der Waals surface area contributed by atoms with Crippen molar-refractivity contribution < 1.29 is 0 Å². The summed E-state index contributed by atoms with van der Waals surface area (Å²) in [5, 5.41) is 4.56. The normalized spacial score (nSPS) is 10.5. The number of nitrogens with one attached hydrogen (secondary N) is 1. The summed E-state index contributed by atoms with van der Waals surface area (Å²) >= 11 is 11.8. The molecule has 0 spiro atoms. The molecule has 0 fully saturated rings. The minimum atomic E-state index is 0.649. The topological polar surface area (TPSA) is 37.8 Å². The summed E-state index contributed by atoms with van der Waals surface area (Å²) in [7, 11) is 0. The van der Waals surface area contributed by atoms with Gasteiger partial charge >= 0.3 is 0 Å². The molecule has 0 unspecified atom stereocenters. The molecule has 2 rings (SSSR count). The molecule has 0 saturated heterocycles. The van der Waals surface area contributed by atoms with E-state index in [9.17, 15) is 0 Å². The quantitative estimate of drug-likeness (QED) is 0.926. The monoisotopic (exact) mass is 267 g/mol. The van der Waals surface area contributed by atoms with E-state index < -0.39 is 0 Å². The van der Waals surface area contributed by atoms with Crippen LogP contribution in [-0.4, -0.2) is 9.97 Å². The highest BCUT2D eigenvalue weighted by Gasteiger charge is 1.98. The zero-order valence-corrected chi connectivity index (χ0v) is 10.5. The van der Waals surface area contributed by atoms with Crippen molar-refractivity contribution in [3.05, 3.63) is 58.1 Å². The Bertz CT molecular complexity index is 468. The maximum atomic E-state index is 5.91. The van der Waals surface area contributed by atoms with Crippen LogP contribution < -0.4 is 5.32 Å². The van der Waals surface area contributed by atoms with Crippen molar-refractivity contribution in [3.8, 4) is 0 Å². The van der Waals surface area contributed by atoms with Crippen molar-refractivity contribution in [1.82, 2.24) is 15.3 Å². The number of aromatic nitrogens is 2. The number of hydrogen-bond acceptors (Lipinski definition) is 3. The molecule has 1 aromatic heterocycles. The zero-order chi connectivity index (χ0) is 12.1. The van der Waals surface area contributed by atoms with Crippen LogP contribution in [0.5, 0.6) is 0 Å². The SMILES string of the molecule is Clc1cc(Cl)cc(CNCc2ccncn2)c1. The van der Waals surface area contributed by atoms with Gasteiger partial charge in [-0.2, -0.15) is 0 Å². The fourth-order valence-corrected chi connectivity index (χ4v) is 2.04. The third-order valence-electron chi connectivity index (χ3n) is 2.20. The third-order valence-corrected chi connectivity index (χ3v) is 2.64. The summed E-state index contributed by atoms with van der Waals surface area (Å²) < 4.78 is 0. The summed E-state index contributed by atoms with van der Waals surface area (Å²) in [6, 6.07) is 7.37. The first-order valence-corrected chi connectivity index (χ1v) is 5.90. The van der Waals surface area contributed by atoms with Gasteiger partial charge < -0.3 is 5.32 Å². The van der Waals surface area contributed by atoms with Gasteiger partial charge in [0.05, 0.1) is 5.69 Å². The molecule has 5 heteroatoms. The summed E-state index contributed by atoms with van der Waals surface area (Å²) in [5.41, 5.74) is 2.00. The molecule has 1 heterocycles. The number of halogens is 2. The average Bonchev–Trinajstić information content (AvgIpc) is 2.29. The van der Waals surface area contributed by atoms with Gasteiger partial charge in [0, 0.05) is 29.3 Å². The van der Waals surface area contributed by atoms with E-state index in [2.05, 4.69) is 15.3 Å². The highest BCUT2D eigenvalue weighted by atomic mass is 35.5. The lowest BCUT2D eigenvalue weighted by atomic mass is 10.2. The van der Waals surface area contributed by atoms with E-state index in [1.807, 2.05) is 18.2 Å². The molecule has 0 bridgehead atoms. The molecule has 88 valence electrons. The highest BCUT2D eigenvalue weighted by Crippen LogP contribution is 2.18. The second kappa shape index (κ2) is 5.96. The Morgan fingerprint density at radius 2 is 1.82 bits per heavy atom. The van der Waals surface area contributed by atoms with Crippen LogP contribution in [0, 0.1) is 0 Å². The first-order valence-electron chi connectivity index (χ1n) is 5.14.